The van der Waals surface area contributed by atoms with E-state index in [9.17, 15) is 83.7 Å². The second-order valence-corrected chi connectivity index (χ2v) is 21.8. The molecule has 0 aromatic carbocycles. The van der Waals surface area contributed by atoms with Crippen molar-refractivity contribution >= 4 is 59.1 Å². The molecule has 0 unspecified atom stereocenters. The number of aliphatic carboxylic acids is 1. The lowest BCUT2D eigenvalue weighted by Crippen LogP contribution is -2.75. The van der Waals surface area contributed by atoms with Crippen molar-refractivity contribution in [2.45, 2.75) is 219 Å². The fraction of sp³-hybridized carbons (Fsp3) is 0.800. The predicted molar refractivity (Wildman–Crippen MR) is 278 cm³/mol. The third-order valence-electron chi connectivity index (χ3n) is 13.6. The highest BCUT2D eigenvalue weighted by Crippen LogP contribution is 2.30. The first-order valence-corrected chi connectivity index (χ1v) is 26.8. The Morgan fingerprint density at radius 3 is 1.19 bits per heavy atom. The molecule has 81 heavy (non-hydrogen) atoms. The Morgan fingerprint density at radius 1 is 0.469 bits per heavy atom. The summed E-state index contributed by atoms with van der Waals surface area (Å²) in [6.45, 7) is 18.9. The number of carbonyl (C=O) groups is 10. The van der Waals surface area contributed by atoms with Crippen LogP contribution in [0.15, 0.2) is 0 Å². The summed E-state index contributed by atoms with van der Waals surface area (Å²) in [7, 11) is 0. The smallest absolute Gasteiger partial charge is 0.281 e. The van der Waals surface area contributed by atoms with Crippen LogP contribution in [0.3, 0.4) is 0 Å². The Balaban J connectivity index is 2.09. The van der Waals surface area contributed by atoms with Gasteiger partial charge in [0.1, 0.15) is 97.2 Å². The van der Waals surface area contributed by atoms with Gasteiger partial charge in [-0.25, -0.2) is 0 Å². The zero-order valence-corrected chi connectivity index (χ0v) is 48.3. The molecule has 464 valence electrons. The molecule has 31 heteroatoms. The van der Waals surface area contributed by atoms with Gasteiger partial charge in [-0.15, -0.1) is 0 Å². The second-order valence-electron chi connectivity index (χ2n) is 21.8. The van der Waals surface area contributed by atoms with Crippen molar-refractivity contribution in [3.63, 3.8) is 0 Å². The maximum Gasteiger partial charge on any atom is 0.281 e. The molecule has 0 radical (unpaired) electrons. The Kier molecular flexibility index (Phi) is 28.4. The van der Waals surface area contributed by atoms with Gasteiger partial charge in [0, 0.05) is 6.92 Å². The zero-order valence-electron chi connectivity index (χ0n) is 48.3. The highest BCUT2D eigenvalue weighted by Gasteiger charge is 2.52. The van der Waals surface area contributed by atoms with Crippen molar-refractivity contribution in [2.75, 3.05) is 13.2 Å². The fourth-order valence-corrected chi connectivity index (χ4v) is 8.29. The molecule has 2 saturated heterocycles. The minimum Gasteiger partial charge on any atom is -0.548 e. The number of carboxylic acid groups (broad SMARTS) is 1. The largest absolute Gasteiger partial charge is 0.548 e. The van der Waals surface area contributed by atoms with Gasteiger partial charge < -0.3 is 113 Å². The average Bonchev–Trinajstić information content (AvgIpc) is 3.42. The quantitative estimate of drug-likeness (QED) is 0.0331. The van der Waals surface area contributed by atoms with Crippen molar-refractivity contribution in [1.82, 2.24) is 47.9 Å². The van der Waals surface area contributed by atoms with Crippen LogP contribution >= 0.6 is 0 Å². The third-order valence-corrected chi connectivity index (χ3v) is 13.6. The predicted octanol–water partition coefficient (Wildman–Crippen LogP) is -8.90. The molecular formula is C50H88N10O21. The Hall–Kier alpha value is -5.74. The number of ether oxygens (including phenoxy) is 4. The van der Waals surface area contributed by atoms with Gasteiger partial charge in [0.05, 0.1) is 25.2 Å². The number of aliphatic hydroxyl groups excluding tert-OH is 6. The van der Waals surface area contributed by atoms with E-state index >= 15 is 0 Å². The molecule has 0 aliphatic carbocycles. The van der Waals surface area contributed by atoms with Crippen LogP contribution in [-0.2, 0) is 66.9 Å². The average molecular weight is 1170 g/mol. The third kappa shape index (κ3) is 20.3. The van der Waals surface area contributed by atoms with E-state index in [1.165, 1.54) is 34.6 Å². The van der Waals surface area contributed by atoms with E-state index < -0.39 is 218 Å². The number of rotatable bonds is 29. The summed E-state index contributed by atoms with van der Waals surface area (Å²) in [6.07, 6.45) is -16.4. The standard InChI is InChI=1S/C50H88N10O21/c1-17(2)30(58-43(71)29(51)25(13)78-49-34(56-26(14)63)39(36(65)28(16-62)79-49)81-50-38(67)37(66)35(64)27(15-61)80-50)44(72)54-22(10)41(69)52-21(9)40(68)53-23(11)42(70)57-32(19(5)6)46(74)60-33(20(7)8)47(75)59-31(18(3)4)45(73)55-24(12)48(76)77/h17-25,27-39,49-50,61-62,64-67H,15-16,51H2,1-14H3,(H,52,69)(H,53,68)(H,54,72)(H,55,73)(H,56,63)(H,57,70)(H,58,71)(H,59,75)(H,60,74)(H,76,77)/t21-,22-,23-,24-,25+,27+,28+,29-,30-,31-,32-,33-,34+,35-,36-,37-,38+,39+,49-,50-/m0/s1. The van der Waals surface area contributed by atoms with Gasteiger partial charge in [0.2, 0.25) is 47.3 Å². The van der Waals surface area contributed by atoms with E-state index in [1.807, 2.05) is 0 Å². The number of aliphatic hydroxyl groups is 6. The molecule has 0 saturated carbocycles. The highest BCUT2D eigenvalue weighted by atomic mass is 16.7. The molecule has 2 fully saturated rings. The molecule has 9 amide bonds. The zero-order chi connectivity index (χ0) is 62.2. The van der Waals surface area contributed by atoms with Gasteiger partial charge in [-0.05, 0) is 58.3 Å². The fourth-order valence-electron chi connectivity index (χ4n) is 8.29. The van der Waals surface area contributed by atoms with Crippen molar-refractivity contribution in [3.05, 3.63) is 0 Å². The molecule has 18 N–H and O–H groups in total. The SMILES string of the molecule is CC(=O)N[C@H]1[C@@H](O[C@H](C)[C@H]([NH3+])C(=O)N[C@H](C(=O)N[C@@H](C)C(=O)N[C@@H](C)C(=O)N[C@@H](C)C(=O)N[C@H](C(=O)N[C@H](C(=O)N[C@H](C(=O)N[C@@H](C)C(=O)[O-])C(C)C)C(C)C)C(C)C)C(C)C)O[C@H](CO)[C@H](O)[C@@H]1O[C@@H]1O[C@H](CO)[C@H](O)[C@H](O)[C@H]1O. The van der Waals surface area contributed by atoms with Gasteiger partial charge >= 0.3 is 0 Å². The Bertz CT molecular complexity index is 2170. The van der Waals surface area contributed by atoms with E-state index in [-0.39, 0.29) is 0 Å². The number of hydrogen-bond donors (Lipinski definition) is 16. The molecule has 0 spiro atoms. The molecular weight excluding hydrogens is 1080 g/mol. The monoisotopic (exact) mass is 1160 g/mol. The van der Waals surface area contributed by atoms with Crippen molar-refractivity contribution in [2.24, 2.45) is 23.7 Å². The van der Waals surface area contributed by atoms with E-state index in [2.05, 4.69) is 53.6 Å². The van der Waals surface area contributed by atoms with E-state index in [1.54, 1.807) is 55.4 Å². The minimum absolute atomic E-state index is 0.495. The van der Waals surface area contributed by atoms with Crippen LogP contribution in [0, 0.1) is 23.7 Å². The van der Waals surface area contributed by atoms with Gasteiger partial charge in [0.15, 0.2) is 18.6 Å². The molecule has 2 heterocycles. The summed E-state index contributed by atoms with van der Waals surface area (Å²) in [5, 5.41) is 95.8. The van der Waals surface area contributed by atoms with Crippen LogP contribution in [0.5, 0.6) is 0 Å². The summed E-state index contributed by atoms with van der Waals surface area (Å²) in [4.78, 5) is 131. The lowest BCUT2D eigenvalue weighted by Gasteiger charge is -2.47. The van der Waals surface area contributed by atoms with Crippen molar-refractivity contribution in [3.8, 4) is 0 Å². The molecule has 0 bridgehead atoms. The summed E-state index contributed by atoms with van der Waals surface area (Å²) < 4.78 is 23.0. The molecule has 31 nitrogen and oxygen atoms in total. The normalized spacial score (nSPS) is 26.7. The van der Waals surface area contributed by atoms with Gasteiger partial charge in [-0.1, -0.05) is 55.4 Å². The number of nitrogens with one attached hydrogen (secondary N) is 9. The molecule has 2 aliphatic rings. The first-order valence-electron chi connectivity index (χ1n) is 26.8. The van der Waals surface area contributed by atoms with Gasteiger partial charge in [-0.2, -0.15) is 0 Å². The molecule has 0 aromatic rings. The lowest BCUT2D eigenvalue weighted by atomic mass is 9.95. The maximum atomic E-state index is 13.7. The first-order chi connectivity index (χ1) is 37.5. The van der Waals surface area contributed by atoms with Crippen LogP contribution in [0.25, 0.3) is 0 Å². The number of hydrogen-bond acceptors (Lipinski definition) is 21. The van der Waals surface area contributed by atoms with Gasteiger partial charge in [0.25, 0.3) is 5.91 Å². The lowest BCUT2D eigenvalue weighted by molar-refractivity contribution is -0.431. The van der Waals surface area contributed by atoms with E-state index in [4.69, 9.17) is 18.9 Å². The summed E-state index contributed by atoms with van der Waals surface area (Å²) in [6, 6.07) is -13.0. The Labute approximate surface area is 470 Å². The number of amides is 9. The molecule has 2 rings (SSSR count). The summed E-state index contributed by atoms with van der Waals surface area (Å²) >= 11 is 0. The molecule has 0 aromatic heterocycles. The van der Waals surface area contributed by atoms with Gasteiger partial charge in [-0.3, -0.25) is 43.2 Å². The molecule has 2 aliphatic heterocycles. The van der Waals surface area contributed by atoms with Crippen LogP contribution in [0.1, 0.15) is 96.9 Å². The summed E-state index contributed by atoms with van der Waals surface area (Å²) in [5.41, 5.74) is 3.87. The second kappa shape index (κ2) is 32.2. The number of quaternary nitrogens is 1. The van der Waals surface area contributed by atoms with Crippen LogP contribution in [-0.4, -0.2) is 225 Å². The first kappa shape index (κ1) is 71.4. The maximum absolute atomic E-state index is 13.7. The number of carbonyl (C=O) groups excluding carboxylic acids is 10. The van der Waals surface area contributed by atoms with E-state index in [0.29, 0.717) is 0 Å². The van der Waals surface area contributed by atoms with Crippen molar-refractivity contribution < 1.29 is 108 Å². The van der Waals surface area contributed by atoms with Crippen LogP contribution in [0.4, 0.5) is 0 Å². The topological polar surface area (TPSA) is 488 Å². The summed E-state index contributed by atoms with van der Waals surface area (Å²) in [5.74, 6) is -10.9. The van der Waals surface area contributed by atoms with E-state index in [0.717, 1.165) is 6.92 Å². The molecule has 20 atom stereocenters. The van der Waals surface area contributed by atoms with Crippen molar-refractivity contribution in [1.29, 1.82) is 0 Å². The van der Waals surface area contributed by atoms with Crippen LogP contribution in [0.2, 0.25) is 0 Å². The van der Waals surface area contributed by atoms with Crippen LogP contribution < -0.4 is 58.7 Å². The highest BCUT2D eigenvalue weighted by molar-refractivity contribution is 5.98. The number of carboxylic acids is 1. The minimum atomic E-state index is -1.93. The Morgan fingerprint density at radius 2 is 0.802 bits per heavy atom.